The standard InChI is InChI=1S/C8H8NO/c1-7-2-4-8(5-3-7)9-6-10/h2-4H,5H2,1H3/q+1. The van der Waals surface area contributed by atoms with E-state index in [4.69, 9.17) is 0 Å². The van der Waals surface area contributed by atoms with Crippen molar-refractivity contribution in [2.24, 2.45) is 0 Å². The molecular weight excluding hydrogens is 126 g/mol. The van der Waals surface area contributed by atoms with E-state index in [9.17, 15) is 4.79 Å². The lowest BCUT2D eigenvalue weighted by Gasteiger charge is -1.92. The normalized spacial score (nSPS) is 15.7. The van der Waals surface area contributed by atoms with E-state index in [2.05, 4.69) is 4.67 Å². The molecule has 0 spiro atoms. The van der Waals surface area contributed by atoms with Gasteiger partial charge in [-0.15, -0.1) is 4.79 Å². The van der Waals surface area contributed by atoms with Gasteiger partial charge in [0.05, 0.1) is 6.42 Å². The summed E-state index contributed by atoms with van der Waals surface area (Å²) in [6.07, 6.45) is 8.05. The first kappa shape index (κ1) is 6.76. The molecule has 0 unspecified atom stereocenters. The van der Waals surface area contributed by atoms with Gasteiger partial charge < -0.3 is 0 Å². The molecule has 0 aromatic carbocycles. The van der Waals surface area contributed by atoms with Crippen molar-refractivity contribution in [3.63, 3.8) is 0 Å². The van der Waals surface area contributed by atoms with Gasteiger partial charge in [-0.1, -0.05) is 17.7 Å². The van der Waals surface area contributed by atoms with Crippen LogP contribution in [0, 0.1) is 0 Å². The van der Waals surface area contributed by atoms with E-state index < -0.39 is 0 Å². The number of nitrogens with zero attached hydrogens (tertiary/aromatic N) is 1. The van der Waals surface area contributed by atoms with Crippen molar-refractivity contribution in [1.82, 2.24) is 4.67 Å². The summed E-state index contributed by atoms with van der Waals surface area (Å²) in [4.78, 5) is 9.79. The van der Waals surface area contributed by atoms with Crippen LogP contribution in [0.5, 0.6) is 0 Å². The number of hydrogen-bond acceptors (Lipinski definition) is 1. The van der Waals surface area contributed by atoms with Crippen LogP contribution in [0.4, 0.5) is 0 Å². The Hall–Kier alpha value is -1.36. The van der Waals surface area contributed by atoms with Crippen molar-refractivity contribution in [3.8, 4) is 0 Å². The largest absolute Gasteiger partial charge is 0.568 e. The first-order valence-electron chi connectivity index (χ1n) is 3.11. The molecule has 0 amide bonds. The third-order valence-electron chi connectivity index (χ3n) is 1.36. The molecule has 2 heteroatoms. The SMILES string of the molecule is CC1=CCC(=[N+]=C=O)C=C1. The molecule has 50 valence electrons. The monoisotopic (exact) mass is 134 g/mol. The summed E-state index contributed by atoms with van der Waals surface area (Å²) in [5.74, 6) is 0. The van der Waals surface area contributed by atoms with E-state index in [1.807, 2.05) is 25.2 Å². The molecule has 0 radical (unpaired) electrons. The van der Waals surface area contributed by atoms with E-state index >= 15 is 0 Å². The predicted molar refractivity (Wildman–Crippen MR) is 40.3 cm³/mol. The summed E-state index contributed by atoms with van der Waals surface area (Å²) in [7, 11) is 0. The fourth-order valence-corrected chi connectivity index (χ4v) is 0.771. The molecule has 0 fully saturated rings. The second kappa shape index (κ2) is 2.98. The minimum absolute atomic E-state index is 0.748. The number of carbonyl (C=O) groups excluding carboxylic acids is 1. The quantitative estimate of drug-likeness (QED) is 0.273. The van der Waals surface area contributed by atoms with E-state index in [1.54, 1.807) is 0 Å². The van der Waals surface area contributed by atoms with Gasteiger partial charge in [-0.2, -0.15) is 0 Å². The maximum Gasteiger partial charge on any atom is 0.568 e. The molecule has 0 saturated heterocycles. The minimum Gasteiger partial charge on any atom is -0.145 e. The first-order valence-corrected chi connectivity index (χ1v) is 3.11. The second-order valence-corrected chi connectivity index (χ2v) is 2.18. The molecule has 1 aliphatic rings. The van der Waals surface area contributed by atoms with Crippen LogP contribution < -0.4 is 4.67 Å². The molecule has 0 atom stereocenters. The third kappa shape index (κ3) is 1.56. The van der Waals surface area contributed by atoms with Crippen LogP contribution in [0.2, 0.25) is 0 Å². The third-order valence-corrected chi connectivity index (χ3v) is 1.36. The average molecular weight is 134 g/mol. The van der Waals surface area contributed by atoms with Crippen molar-refractivity contribution in [2.75, 3.05) is 0 Å². The maximum atomic E-state index is 9.79. The Labute approximate surface area is 59.3 Å². The van der Waals surface area contributed by atoms with E-state index in [0.29, 0.717) is 0 Å². The lowest BCUT2D eigenvalue weighted by molar-refractivity contribution is 0.564. The van der Waals surface area contributed by atoms with Gasteiger partial charge in [0, 0.05) is 10.7 Å². The van der Waals surface area contributed by atoms with Gasteiger partial charge in [0.2, 0.25) is 0 Å². The Morgan fingerprint density at radius 3 is 2.90 bits per heavy atom. The van der Waals surface area contributed by atoms with Gasteiger partial charge in [0.1, 0.15) is 0 Å². The van der Waals surface area contributed by atoms with Crippen LogP contribution in [-0.2, 0) is 4.79 Å². The highest BCUT2D eigenvalue weighted by atomic mass is 16.1. The average Bonchev–Trinajstić information content (AvgIpc) is 1.95. The first-order chi connectivity index (χ1) is 4.83. The molecule has 0 aromatic rings. The predicted octanol–water partition coefficient (Wildman–Crippen LogP) is 0.737. The van der Waals surface area contributed by atoms with Crippen molar-refractivity contribution in [3.05, 3.63) is 23.8 Å². The lowest BCUT2D eigenvalue weighted by atomic mass is 10.1. The Bertz CT molecular complexity index is 274. The van der Waals surface area contributed by atoms with Crippen LogP contribution in [0.1, 0.15) is 13.3 Å². The zero-order chi connectivity index (χ0) is 7.40. The van der Waals surface area contributed by atoms with Gasteiger partial charge in [0.15, 0.2) is 0 Å². The Balaban J connectivity index is 2.89. The van der Waals surface area contributed by atoms with Crippen LogP contribution in [-0.4, -0.2) is 11.8 Å². The smallest absolute Gasteiger partial charge is 0.145 e. The van der Waals surface area contributed by atoms with Crippen molar-refractivity contribution >= 4 is 11.8 Å². The molecule has 0 aromatic heterocycles. The second-order valence-electron chi connectivity index (χ2n) is 2.18. The van der Waals surface area contributed by atoms with Crippen molar-refractivity contribution < 1.29 is 4.79 Å². The Kier molecular flexibility index (Phi) is 2.01. The summed E-state index contributed by atoms with van der Waals surface area (Å²) < 4.78 is 3.50. The molecule has 10 heavy (non-hydrogen) atoms. The lowest BCUT2D eigenvalue weighted by Crippen LogP contribution is -1.99. The van der Waals surface area contributed by atoms with Crippen LogP contribution in [0.15, 0.2) is 23.8 Å². The molecule has 0 N–H and O–H groups in total. The van der Waals surface area contributed by atoms with Crippen molar-refractivity contribution in [2.45, 2.75) is 13.3 Å². The molecule has 0 heterocycles. The van der Waals surface area contributed by atoms with Gasteiger partial charge in [-0.3, -0.25) is 0 Å². The van der Waals surface area contributed by atoms with Gasteiger partial charge in [-0.25, -0.2) is 0 Å². The highest BCUT2D eigenvalue weighted by Crippen LogP contribution is 2.04. The van der Waals surface area contributed by atoms with Gasteiger partial charge >= 0.3 is 11.8 Å². The summed E-state index contributed by atoms with van der Waals surface area (Å²) in [6.45, 7) is 2.01. The zero-order valence-electron chi connectivity index (χ0n) is 5.79. The maximum absolute atomic E-state index is 9.79. The van der Waals surface area contributed by atoms with E-state index in [1.165, 1.54) is 11.7 Å². The number of isocyanates is 1. The fraction of sp³-hybridized carbons (Fsp3) is 0.250. The van der Waals surface area contributed by atoms with Gasteiger partial charge in [-0.05, 0) is 6.92 Å². The molecule has 1 aliphatic carbocycles. The highest BCUT2D eigenvalue weighted by molar-refractivity contribution is 5.97. The summed E-state index contributed by atoms with van der Waals surface area (Å²) in [6, 6.07) is 0. The van der Waals surface area contributed by atoms with Gasteiger partial charge in [0.25, 0.3) is 0 Å². The topological polar surface area (TPSA) is 31.2 Å². The van der Waals surface area contributed by atoms with Crippen LogP contribution >= 0.6 is 0 Å². The molecule has 2 nitrogen and oxygen atoms in total. The number of allylic oxidation sites excluding steroid dienone is 4. The molecule has 0 saturated carbocycles. The molecule has 1 rings (SSSR count). The minimum atomic E-state index is 0.748. The molecule has 0 bridgehead atoms. The number of hydrogen-bond donors (Lipinski definition) is 0. The van der Waals surface area contributed by atoms with Crippen LogP contribution in [0.3, 0.4) is 0 Å². The Morgan fingerprint density at radius 1 is 1.60 bits per heavy atom. The van der Waals surface area contributed by atoms with E-state index in [-0.39, 0.29) is 0 Å². The summed E-state index contributed by atoms with van der Waals surface area (Å²) >= 11 is 0. The summed E-state index contributed by atoms with van der Waals surface area (Å²) in [5.41, 5.74) is 1.99. The van der Waals surface area contributed by atoms with E-state index in [0.717, 1.165) is 12.1 Å². The molecular formula is C8H8NO+. The zero-order valence-corrected chi connectivity index (χ0v) is 5.79. The Morgan fingerprint density at radius 2 is 2.40 bits per heavy atom. The molecule has 0 aliphatic heterocycles. The fourth-order valence-electron chi connectivity index (χ4n) is 0.771. The summed E-state index contributed by atoms with van der Waals surface area (Å²) in [5, 5.41) is 0. The van der Waals surface area contributed by atoms with Crippen LogP contribution in [0.25, 0.3) is 0 Å². The van der Waals surface area contributed by atoms with Crippen molar-refractivity contribution in [1.29, 1.82) is 0 Å². The highest BCUT2D eigenvalue weighted by Gasteiger charge is 2.06. The number of rotatable bonds is 0.